The summed E-state index contributed by atoms with van der Waals surface area (Å²) in [5, 5.41) is 11.0. The number of rotatable bonds is 5. The Hall–Kier alpha value is -1.37. The summed E-state index contributed by atoms with van der Waals surface area (Å²) >= 11 is 13.6. The van der Waals surface area contributed by atoms with Crippen LogP contribution in [0.3, 0.4) is 0 Å². The minimum atomic E-state index is -0.800. The molecule has 0 N–H and O–H groups in total. The fraction of sp³-hybridized carbons (Fsp3) is 0.250. The highest BCUT2D eigenvalue weighted by atomic mass is 35.5. The summed E-state index contributed by atoms with van der Waals surface area (Å²) in [5.74, 6) is 0. The second-order valence-corrected chi connectivity index (χ2v) is 5.80. The van der Waals surface area contributed by atoms with Crippen LogP contribution >= 0.6 is 34.5 Å². The van der Waals surface area contributed by atoms with Crippen LogP contribution in [0.2, 0.25) is 10.0 Å². The molecule has 0 aliphatic heterocycles. The standard InChI is InChI=1S/C12H10Cl2N2O3S/c1-7-10(5-6-19-16(17)18)20-12(15-7)8-3-2-4-9(13)11(8)14/h2-4H,5-6H2,1H3. The number of aromatic nitrogens is 1. The number of aryl methyl sites for hydroxylation is 1. The summed E-state index contributed by atoms with van der Waals surface area (Å²) in [6, 6.07) is 5.35. The fourth-order valence-corrected chi connectivity index (χ4v) is 3.18. The van der Waals surface area contributed by atoms with E-state index < -0.39 is 5.09 Å². The van der Waals surface area contributed by atoms with E-state index in [1.54, 1.807) is 12.1 Å². The maximum absolute atomic E-state index is 10.1. The first-order chi connectivity index (χ1) is 9.49. The van der Waals surface area contributed by atoms with Gasteiger partial charge in [-0.15, -0.1) is 21.5 Å². The van der Waals surface area contributed by atoms with Crippen molar-refractivity contribution in [3.8, 4) is 10.6 Å². The number of halogens is 2. The molecule has 2 rings (SSSR count). The smallest absolute Gasteiger partial charge is 0.294 e. The van der Waals surface area contributed by atoms with Gasteiger partial charge in [0.15, 0.2) is 0 Å². The van der Waals surface area contributed by atoms with Gasteiger partial charge in [0.1, 0.15) is 11.6 Å². The Morgan fingerprint density at radius 2 is 2.20 bits per heavy atom. The number of hydrogen-bond donors (Lipinski definition) is 0. The Bertz CT molecular complexity index is 646. The molecule has 0 amide bonds. The van der Waals surface area contributed by atoms with Crippen molar-refractivity contribution >= 4 is 34.5 Å². The van der Waals surface area contributed by atoms with Crippen molar-refractivity contribution in [1.82, 2.24) is 4.98 Å². The molecule has 0 aliphatic carbocycles. The van der Waals surface area contributed by atoms with E-state index in [9.17, 15) is 10.1 Å². The molecule has 0 fully saturated rings. The predicted molar refractivity (Wildman–Crippen MR) is 79.0 cm³/mol. The van der Waals surface area contributed by atoms with Gasteiger partial charge in [-0.1, -0.05) is 35.3 Å². The molecule has 1 aromatic carbocycles. The van der Waals surface area contributed by atoms with E-state index in [2.05, 4.69) is 9.82 Å². The van der Waals surface area contributed by atoms with Crippen LogP contribution in [0.5, 0.6) is 0 Å². The molecule has 106 valence electrons. The van der Waals surface area contributed by atoms with Gasteiger partial charge in [-0.2, -0.15) is 0 Å². The highest BCUT2D eigenvalue weighted by Gasteiger charge is 2.13. The van der Waals surface area contributed by atoms with Gasteiger partial charge in [-0.3, -0.25) is 0 Å². The molecule has 0 bridgehead atoms. The molecule has 0 unspecified atom stereocenters. The highest BCUT2D eigenvalue weighted by Crippen LogP contribution is 2.36. The quantitative estimate of drug-likeness (QED) is 0.608. The van der Waals surface area contributed by atoms with Crippen molar-refractivity contribution in [3.05, 3.63) is 48.9 Å². The lowest BCUT2D eigenvalue weighted by atomic mass is 10.2. The second-order valence-electron chi connectivity index (χ2n) is 3.94. The molecular weight excluding hydrogens is 323 g/mol. The minimum absolute atomic E-state index is 0.0127. The predicted octanol–water partition coefficient (Wildman–Crippen LogP) is 4.18. The Balaban J connectivity index is 2.22. The zero-order valence-corrected chi connectivity index (χ0v) is 12.8. The molecule has 20 heavy (non-hydrogen) atoms. The van der Waals surface area contributed by atoms with Gasteiger partial charge in [0, 0.05) is 16.9 Å². The zero-order chi connectivity index (χ0) is 14.7. The van der Waals surface area contributed by atoms with E-state index in [4.69, 9.17) is 23.2 Å². The van der Waals surface area contributed by atoms with Crippen LogP contribution < -0.4 is 0 Å². The van der Waals surface area contributed by atoms with Crippen molar-refractivity contribution < 1.29 is 9.92 Å². The van der Waals surface area contributed by atoms with Gasteiger partial charge in [-0.05, 0) is 13.0 Å². The Morgan fingerprint density at radius 1 is 1.45 bits per heavy atom. The molecule has 1 heterocycles. The first-order valence-electron chi connectivity index (χ1n) is 5.67. The average Bonchev–Trinajstić information content (AvgIpc) is 2.74. The molecule has 0 aliphatic rings. The summed E-state index contributed by atoms with van der Waals surface area (Å²) in [6.07, 6.45) is 0.433. The van der Waals surface area contributed by atoms with Crippen LogP contribution in [-0.4, -0.2) is 16.7 Å². The lowest BCUT2D eigenvalue weighted by Crippen LogP contribution is -2.04. The van der Waals surface area contributed by atoms with Gasteiger partial charge in [0.25, 0.3) is 5.09 Å². The van der Waals surface area contributed by atoms with Crippen LogP contribution in [0.25, 0.3) is 10.6 Å². The van der Waals surface area contributed by atoms with E-state index in [0.29, 0.717) is 16.5 Å². The Kier molecular flexibility index (Phi) is 4.80. The largest absolute Gasteiger partial charge is 0.314 e. The average molecular weight is 333 g/mol. The van der Waals surface area contributed by atoms with Gasteiger partial charge in [0.05, 0.1) is 15.7 Å². The van der Waals surface area contributed by atoms with Crippen LogP contribution in [0.15, 0.2) is 18.2 Å². The number of nitrogens with zero attached hydrogens (tertiary/aromatic N) is 2. The topological polar surface area (TPSA) is 65.3 Å². The summed E-state index contributed by atoms with van der Waals surface area (Å²) in [4.78, 5) is 19.8. The van der Waals surface area contributed by atoms with Gasteiger partial charge in [0.2, 0.25) is 0 Å². The normalized spacial score (nSPS) is 10.6. The van der Waals surface area contributed by atoms with Crippen LogP contribution in [0, 0.1) is 17.0 Å². The molecule has 1 aromatic heterocycles. The minimum Gasteiger partial charge on any atom is -0.314 e. The van der Waals surface area contributed by atoms with Crippen molar-refractivity contribution in [3.63, 3.8) is 0 Å². The monoisotopic (exact) mass is 332 g/mol. The lowest BCUT2D eigenvalue weighted by molar-refractivity contribution is -0.757. The third kappa shape index (κ3) is 3.39. The maximum Gasteiger partial charge on any atom is 0.294 e. The van der Waals surface area contributed by atoms with E-state index in [1.807, 2.05) is 13.0 Å². The van der Waals surface area contributed by atoms with Crippen LogP contribution in [0.4, 0.5) is 0 Å². The summed E-state index contributed by atoms with van der Waals surface area (Å²) in [7, 11) is 0. The van der Waals surface area contributed by atoms with Gasteiger partial charge >= 0.3 is 0 Å². The molecular formula is C12H10Cl2N2O3S. The SMILES string of the molecule is Cc1nc(-c2cccc(Cl)c2Cl)sc1CCO[N+](=O)[O-]. The second kappa shape index (κ2) is 6.39. The fourth-order valence-electron chi connectivity index (χ4n) is 1.66. The van der Waals surface area contributed by atoms with E-state index in [1.165, 1.54) is 11.3 Å². The summed E-state index contributed by atoms with van der Waals surface area (Å²) in [5.41, 5.74) is 1.57. The maximum atomic E-state index is 10.1. The molecule has 5 nitrogen and oxygen atoms in total. The molecule has 0 radical (unpaired) electrons. The van der Waals surface area contributed by atoms with E-state index >= 15 is 0 Å². The summed E-state index contributed by atoms with van der Waals surface area (Å²) < 4.78 is 0. The summed E-state index contributed by atoms with van der Waals surface area (Å²) in [6.45, 7) is 1.86. The van der Waals surface area contributed by atoms with E-state index in [-0.39, 0.29) is 6.61 Å². The van der Waals surface area contributed by atoms with Crippen molar-refractivity contribution in [2.24, 2.45) is 0 Å². The highest BCUT2D eigenvalue weighted by molar-refractivity contribution is 7.15. The van der Waals surface area contributed by atoms with Crippen molar-refractivity contribution in [2.45, 2.75) is 13.3 Å². The number of thiazole rings is 1. The van der Waals surface area contributed by atoms with Crippen molar-refractivity contribution in [1.29, 1.82) is 0 Å². The Morgan fingerprint density at radius 3 is 2.90 bits per heavy atom. The molecule has 0 saturated carbocycles. The molecule has 8 heteroatoms. The Labute approximate surface area is 129 Å². The number of benzene rings is 1. The first-order valence-corrected chi connectivity index (χ1v) is 7.24. The van der Waals surface area contributed by atoms with Crippen LogP contribution in [0.1, 0.15) is 10.6 Å². The van der Waals surface area contributed by atoms with Crippen LogP contribution in [-0.2, 0) is 11.3 Å². The lowest BCUT2D eigenvalue weighted by Gasteiger charge is -2.01. The van der Waals surface area contributed by atoms with Crippen molar-refractivity contribution in [2.75, 3.05) is 6.61 Å². The van der Waals surface area contributed by atoms with Gasteiger partial charge < -0.3 is 4.84 Å². The zero-order valence-electron chi connectivity index (χ0n) is 10.4. The number of hydrogen-bond acceptors (Lipinski definition) is 5. The third-order valence-electron chi connectivity index (χ3n) is 2.60. The molecule has 0 atom stereocenters. The van der Waals surface area contributed by atoms with Gasteiger partial charge in [-0.25, -0.2) is 4.98 Å². The first kappa shape index (κ1) is 15.0. The molecule has 0 saturated heterocycles. The third-order valence-corrected chi connectivity index (χ3v) is 4.67. The van der Waals surface area contributed by atoms with E-state index in [0.717, 1.165) is 21.1 Å². The molecule has 2 aromatic rings. The molecule has 0 spiro atoms.